The second-order valence-corrected chi connectivity index (χ2v) is 3.28. The molecule has 0 radical (unpaired) electrons. The van der Waals surface area contributed by atoms with Crippen LogP contribution in [0.25, 0.3) is 0 Å². The van der Waals surface area contributed by atoms with Crippen LogP contribution in [0.15, 0.2) is 24.5 Å². The zero-order chi connectivity index (χ0) is 10.2. The van der Waals surface area contributed by atoms with Crippen LogP contribution in [0.1, 0.15) is 20.3 Å². The fourth-order valence-electron chi connectivity index (χ4n) is 1.24. The van der Waals surface area contributed by atoms with Gasteiger partial charge in [0.1, 0.15) is 5.75 Å². The molecule has 0 saturated heterocycles. The summed E-state index contributed by atoms with van der Waals surface area (Å²) in [5.74, 6) is 0.844. The molecule has 1 rings (SSSR count). The first-order valence-corrected chi connectivity index (χ1v) is 5.09. The lowest BCUT2D eigenvalue weighted by Gasteiger charge is -2.12. The van der Waals surface area contributed by atoms with E-state index in [0.717, 1.165) is 25.3 Å². The fourth-order valence-corrected chi connectivity index (χ4v) is 1.24. The third-order valence-corrected chi connectivity index (χ3v) is 2.01. The van der Waals surface area contributed by atoms with Crippen LogP contribution < -0.4 is 10.1 Å². The van der Waals surface area contributed by atoms with E-state index >= 15 is 0 Å². The van der Waals surface area contributed by atoms with Crippen molar-refractivity contribution in [2.75, 3.05) is 13.2 Å². The predicted octanol–water partition coefficient (Wildman–Crippen LogP) is 1.85. The Morgan fingerprint density at radius 1 is 1.57 bits per heavy atom. The minimum Gasteiger partial charge on any atom is -0.492 e. The summed E-state index contributed by atoms with van der Waals surface area (Å²) in [5.41, 5.74) is 0. The Bertz CT molecular complexity index is 238. The van der Waals surface area contributed by atoms with E-state index in [4.69, 9.17) is 4.74 Å². The van der Waals surface area contributed by atoms with Gasteiger partial charge in [0.25, 0.3) is 0 Å². The maximum atomic E-state index is 5.52. The summed E-state index contributed by atoms with van der Waals surface area (Å²) >= 11 is 0. The molecule has 0 aliphatic carbocycles. The Balaban J connectivity index is 2.16. The van der Waals surface area contributed by atoms with Crippen LogP contribution in [-0.4, -0.2) is 24.2 Å². The van der Waals surface area contributed by atoms with Crippen molar-refractivity contribution in [1.29, 1.82) is 0 Å². The van der Waals surface area contributed by atoms with Crippen molar-refractivity contribution in [1.82, 2.24) is 10.3 Å². The topological polar surface area (TPSA) is 34.1 Å². The quantitative estimate of drug-likeness (QED) is 0.750. The molecule has 1 atom stereocenters. The summed E-state index contributed by atoms with van der Waals surface area (Å²) in [6.45, 7) is 6.02. The van der Waals surface area contributed by atoms with Crippen molar-refractivity contribution >= 4 is 0 Å². The van der Waals surface area contributed by atoms with E-state index in [1.54, 1.807) is 12.4 Å². The molecule has 0 saturated carbocycles. The summed E-state index contributed by atoms with van der Waals surface area (Å²) in [6, 6.07) is 4.31. The number of nitrogens with one attached hydrogen (secondary N) is 1. The van der Waals surface area contributed by atoms with E-state index in [2.05, 4.69) is 24.1 Å². The Labute approximate surface area is 85.5 Å². The third kappa shape index (κ3) is 4.23. The van der Waals surface area contributed by atoms with Crippen LogP contribution in [0.4, 0.5) is 0 Å². The molecule has 0 amide bonds. The number of hydrogen-bond donors (Lipinski definition) is 1. The highest BCUT2D eigenvalue weighted by Gasteiger charge is 1.99. The monoisotopic (exact) mass is 194 g/mol. The van der Waals surface area contributed by atoms with Crippen molar-refractivity contribution in [3.63, 3.8) is 0 Å². The lowest BCUT2D eigenvalue weighted by molar-refractivity contribution is 0.290. The Morgan fingerprint density at radius 3 is 3.07 bits per heavy atom. The van der Waals surface area contributed by atoms with E-state index in [0.29, 0.717) is 6.04 Å². The van der Waals surface area contributed by atoms with E-state index < -0.39 is 0 Å². The standard InChI is InChI=1S/C11H18N2O/c1-3-13-10(2)6-8-14-11-5-4-7-12-9-11/h4-5,7,9-10,13H,3,6,8H2,1-2H3. The van der Waals surface area contributed by atoms with Crippen LogP contribution in [0, 0.1) is 0 Å². The predicted molar refractivity (Wildman–Crippen MR) is 57.5 cm³/mol. The number of nitrogens with zero attached hydrogens (tertiary/aromatic N) is 1. The molecule has 78 valence electrons. The Morgan fingerprint density at radius 2 is 2.43 bits per heavy atom. The summed E-state index contributed by atoms with van der Waals surface area (Å²) in [4.78, 5) is 3.98. The van der Waals surface area contributed by atoms with Gasteiger partial charge in [0.05, 0.1) is 12.8 Å². The maximum absolute atomic E-state index is 5.52. The Kier molecular flexibility index (Phi) is 5.00. The van der Waals surface area contributed by atoms with Gasteiger partial charge < -0.3 is 10.1 Å². The van der Waals surface area contributed by atoms with Gasteiger partial charge in [-0.3, -0.25) is 4.98 Å². The van der Waals surface area contributed by atoms with Crippen LogP contribution in [0.2, 0.25) is 0 Å². The highest BCUT2D eigenvalue weighted by molar-refractivity contribution is 5.15. The van der Waals surface area contributed by atoms with Gasteiger partial charge in [-0.15, -0.1) is 0 Å². The number of rotatable bonds is 6. The van der Waals surface area contributed by atoms with Gasteiger partial charge in [-0.1, -0.05) is 6.92 Å². The van der Waals surface area contributed by atoms with Crippen LogP contribution in [-0.2, 0) is 0 Å². The third-order valence-electron chi connectivity index (χ3n) is 2.01. The highest BCUT2D eigenvalue weighted by atomic mass is 16.5. The first-order chi connectivity index (χ1) is 6.83. The first-order valence-electron chi connectivity index (χ1n) is 5.09. The highest BCUT2D eigenvalue weighted by Crippen LogP contribution is 2.06. The molecule has 3 nitrogen and oxygen atoms in total. The van der Waals surface area contributed by atoms with Gasteiger partial charge in [-0.25, -0.2) is 0 Å². The Hall–Kier alpha value is -1.09. The number of pyridine rings is 1. The van der Waals surface area contributed by atoms with Crippen LogP contribution >= 0.6 is 0 Å². The normalized spacial score (nSPS) is 12.4. The molecule has 1 aromatic heterocycles. The second-order valence-electron chi connectivity index (χ2n) is 3.28. The minimum atomic E-state index is 0.511. The zero-order valence-electron chi connectivity index (χ0n) is 8.86. The van der Waals surface area contributed by atoms with Gasteiger partial charge in [0.2, 0.25) is 0 Å². The van der Waals surface area contributed by atoms with Crippen molar-refractivity contribution in [2.45, 2.75) is 26.3 Å². The van der Waals surface area contributed by atoms with E-state index in [1.165, 1.54) is 0 Å². The number of aromatic nitrogens is 1. The molecular weight excluding hydrogens is 176 g/mol. The van der Waals surface area contributed by atoms with Crippen LogP contribution in [0.5, 0.6) is 5.75 Å². The SMILES string of the molecule is CCNC(C)CCOc1cccnc1. The number of ether oxygens (including phenoxy) is 1. The smallest absolute Gasteiger partial charge is 0.137 e. The molecule has 0 spiro atoms. The van der Waals surface area contributed by atoms with E-state index in [-0.39, 0.29) is 0 Å². The molecule has 0 bridgehead atoms. The van der Waals surface area contributed by atoms with Crippen molar-refractivity contribution in [3.05, 3.63) is 24.5 Å². The molecule has 1 N–H and O–H groups in total. The van der Waals surface area contributed by atoms with E-state index in [9.17, 15) is 0 Å². The van der Waals surface area contributed by atoms with Crippen LogP contribution in [0.3, 0.4) is 0 Å². The molecule has 3 heteroatoms. The molecule has 1 unspecified atom stereocenters. The molecular formula is C11H18N2O. The molecule has 0 aliphatic heterocycles. The molecule has 1 heterocycles. The second kappa shape index (κ2) is 6.38. The summed E-state index contributed by atoms with van der Waals surface area (Å²) in [5, 5.41) is 3.34. The number of hydrogen-bond acceptors (Lipinski definition) is 3. The lowest BCUT2D eigenvalue weighted by atomic mass is 10.2. The minimum absolute atomic E-state index is 0.511. The van der Waals surface area contributed by atoms with Gasteiger partial charge >= 0.3 is 0 Å². The first kappa shape index (κ1) is 11.0. The fraction of sp³-hybridized carbons (Fsp3) is 0.545. The summed E-state index contributed by atoms with van der Waals surface area (Å²) in [7, 11) is 0. The van der Waals surface area contributed by atoms with Crippen molar-refractivity contribution in [3.8, 4) is 5.75 Å². The molecule has 0 aromatic carbocycles. The van der Waals surface area contributed by atoms with Gasteiger partial charge in [0.15, 0.2) is 0 Å². The van der Waals surface area contributed by atoms with Gasteiger partial charge in [-0.2, -0.15) is 0 Å². The largest absolute Gasteiger partial charge is 0.492 e. The molecule has 14 heavy (non-hydrogen) atoms. The maximum Gasteiger partial charge on any atom is 0.137 e. The van der Waals surface area contributed by atoms with E-state index in [1.807, 2.05) is 12.1 Å². The average molecular weight is 194 g/mol. The van der Waals surface area contributed by atoms with Crippen molar-refractivity contribution in [2.24, 2.45) is 0 Å². The summed E-state index contributed by atoms with van der Waals surface area (Å²) in [6.07, 6.45) is 4.49. The van der Waals surface area contributed by atoms with Gasteiger partial charge in [-0.05, 0) is 32.0 Å². The average Bonchev–Trinajstić information content (AvgIpc) is 2.20. The zero-order valence-corrected chi connectivity index (χ0v) is 8.86. The summed E-state index contributed by atoms with van der Waals surface area (Å²) < 4.78 is 5.52. The van der Waals surface area contributed by atoms with Gasteiger partial charge in [0, 0.05) is 12.2 Å². The molecule has 0 fully saturated rings. The molecule has 0 aliphatic rings. The van der Waals surface area contributed by atoms with Crippen molar-refractivity contribution < 1.29 is 4.74 Å². The molecule has 1 aromatic rings. The lowest BCUT2D eigenvalue weighted by Crippen LogP contribution is -2.27.